The van der Waals surface area contributed by atoms with Crippen molar-refractivity contribution in [1.29, 1.82) is 0 Å². The summed E-state index contributed by atoms with van der Waals surface area (Å²) in [5.41, 5.74) is 4.41. The quantitative estimate of drug-likeness (QED) is 0.296. The zero-order valence-electron chi connectivity index (χ0n) is 19.8. The Bertz CT molecular complexity index is 1700. The number of furan rings is 1. The SMILES string of the molecule is Cc1onc(-c2ccccc2)c1-c1ccc2oc3cc(S(=O)(=O)N[C@H](C(=O)O)C(C)C)ccc3c2c1. The van der Waals surface area contributed by atoms with Crippen LogP contribution >= 0.6 is 0 Å². The number of hydrogen-bond acceptors (Lipinski definition) is 6. The van der Waals surface area contributed by atoms with Crippen LogP contribution in [-0.2, 0) is 14.8 Å². The summed E-state index contributed by atoms with van der Waals surface area (Å²) < 4.78 is 39.5. The maximum atomic E-state index is 12.9. The molecule has 184 valence electrons. The average molecular weight is 505 g/mol. The molecule has 5 rings (SSSR count). The van der Waals surface area contributed by atoms with E-state index >= 15 is 0 Å². The summed E-state index contributed by atoms with van der Waals surface area (Å²) in [5.74, 6) is -0.976. The van der Waals surface area contributed by atoms with Gasteiger partial charge in [-0.1, -0.05) is 55.4 Å². The van der Waals surface area contributed by atoms with E-state index in [-0.39, 0.29) is 4.90 Å². The lowest BCUT2D eigenvalue weighted by atomic mass is 9.98. The first kappa shape index (κ1) is 23.8. The number of carbonyl (C=O) groups is 1. The van der Waals surface area contributed by atoms with Gasteiger partial charge >= 0.3 is 5.97 Å². The molecule has 0 amide bonds. The van der Waals surface area contributed by atoms with Crippen molar-refractivity contribution in [3.05, 3.63) is 72.5 Å². The summed E-state index contributed by atoms with van der Waals surface area (Å²) in [5, 5.41) is 15.2. The van der Waals surface area contributed by atoms with Gasteiger partial charge in [0.05, 0.1) is 10.5 Å². The monoisotopic (exact) mass is 504 g/mol. The molecule has 0 bridgehead atoms. The maximum Gasteiger partial charge on any atom is 0.322 e. The molecular weight excluding hydrogens is 480 g/mol. The van der Waals surface area contributed by atoms with Crippen LogP contribution in [0.2, 0.25) is 0 Å². The topological polar surface area (TPSA) is 123 Å². The van der Waals surface area contributed by atoms with Crippen molar-refractivity contribution in [3.8, 4) is 22.4 Å². The Morgan fingerprint density at radius 2 is 1.69 bits per heavy atom. The van der Waals surface area contributed by atoms with E-state index in [0.29, 0.717) is 16.9 Å². The van der Waals surface area contributed by atoms with Gasteiger partial charge in [0.25, 0.3) is 0 Å². The van der Waals surface area contributed by atoms with Gasteiger partial charge in [0.15, 0.2) is 0 Å². The molecule has 9 heteroatoms. The first-order valence-electron chi connectivity index (χ1n) is 11.4. The molecule has 8 nitrogen and oxygen atoms in total. The molecule has 0 aliphatic heterocycles. The van der Waals surface area contributed by atoms with Crippen LogP contribution in [0.25, 0.3) is 44.3 Å². The summed E-state index contributed by atoms with van der Waals surface area (Å²) in [6, 6.07) is 18.8. The lowest BCUT2D eigenvalue weighted by Gasteiger charge is -2.17. The van der Waals surface area contributed by atoms with Crippen LogP contribution in [0.1, 0.15) is 19.6 Å². The minimum atomic E-state index is -4.08. The average Bonchev–Trinajstić information content (AvgIpc) is 3.42. The van der Waals surface area contributed by atoms with Crippen molar-refractivity contribution >= 4 is 37.9 Å². The smallest absolute Gasteiger partial charge is 0.322 e. The van der Waals surface area contributed by atoms with Crippen molar-refractivity contribution in [2.24, 2.45) is 5.92 Å². The number of aromatic nitrogens is 1. The fraction of sp³-hybridized carbons (Fsp3) is 0.185. The highest BCUT2D eigenvalue weighted by molar-refractivity contribution is 7.89. The standard InChI is InChI=1S/C27H24N2O6S/c1-15(2)25(27(30)31)29-36(32,33)19-10-11-20-21-13-18(9-12-22(21)34-23(20)14-19)24-16(3)35-28-26(24)17-7-5-4-6-8-17/h4-15,25,29H,1-3H3,(H,30,31)/t25-/m0/s1. The summed E-state index contributed by atoms with van der Waals surface area (Å²) in [7, 11) is -4.08. The third-order valence-electron chi connectivity index (χ3n) is 6.17. The second-order valence-electron chi connectivity index (χ2n) is 8.98. The summed E-state index contributed by atoms with van der Waals surface area (Å²) in [6.07, 6.45) is 0. The minimum Gasteiger partial charge on any atom is -0.480 e. The van der Waals surface area contributed by atoms with E-state index < -0.39 is 28.0 Å². The number of benzene rings is 3. The first-order chi connectivity index (χ1) is 17.2. The predicted octanol–water partition coefficient (Wildman–Crippen LogP) is 5.60. The molecule has 0 saturated carbocycles. The van der Waals surface area contributed by atoms with Crippen LogP contribution in [-0.4, -0.2) is 30.7 Å². The molecule has 0 unspecified atom stereocenters. The number of aliphatic carboxylic acids is 1. The zero-order valence-corrected chi connectivity index (χ0v) is 20.7. The Balaban J connectivity index is 1.58. The Labute approximate surface area is 207 Å². The number of fused-ring (bicyclic) bond motifs is 3. The van der Waals surface area contributed by atoms with Crippen molar-refractivity contribution < 1.29 is 27.3 Å². The summed E-state index contributed by atoms with van der Waals surface area (Å²) in [6.45, 7) is 5.14. The molecule has 0 radical (unpaired) electrons. The van der Waals surface area contributed by atoms with Crippen molar-refractivity contribution in [1.82, 2.24) is 9.88 Å². The lowest BCUT2D eigenvalue weighted by molar-refractivity contribution is -0.140. The fourth-order valence-corrected chi connectivity index (χ4v) is 5.64. The predicted molar refractivity (Wildman–Crippen MR) is 136 cm³/mol. The Kier molecular flexibility index (Phi) is 5.89. The third kappa shape index (κ3) is 4.16. The van der Waals surface area contributed by atoms with E-state index in [1.807, 2.05) is 55.5 Å². The summed E-state index contributed by atoms with van der Waals surface area (Å²) >= 11 is 0. The van der Waals surface area contributed by atoms with Crippen LogP contribution in [0.5, 0.6) is 0 Å². The van der Waals surface area contributed by atoms with Gasteiger partial charge in [-0.3, -0.25) is 4.79 Å². The highest BCUT2D eigenvalue weighted by Gasteiger charge is 2.28. The third-order valence-corrected chi connectivity index (χ3v) is 7.61. The highest BCUT2D eigenvalue weighted by Crippen LogP contribution is 2.38. The van der Waals surface area contributed by atoms with E-state index in [4.69, 9.17) is 8.94 Å². The van der Waals surface area contributed by atoms with E-state index in [0.717, 1.165) is 33.2 Å². The number of rotatable bonds is 7. The van der Waals surface area contributed by atoms with Crippen molar-refractivity contribution in [2.75, 3.05) is 0 Å². The number of nitrogens with zero attached hydrogens (tertiary/aromatic N) is 1. The van der Waals surface area contributed by atoms with Gasteiger partial charge in [-0.25, -0.2) is 8.42 Å². The van der Waals surface area contributed by atoms with Crippen LogP contribution in [0, 0.1) is 12.8 Å². The molecule has 0 spiro atoms. The largest absolute Gasteiger partial charge is 0.480 e. The van der Waals surface area contributed by atoms with Gasteiger partial charge < -0.3 is 14.0 Å². The van der Waals surface area contributed by atoms with E-state index in [1.54, 1.807) is 19.9 Å². The van der Waals surface area contributed by atoms with E-state index in [2.05, 4.69) is 9.88 Å². The Morgan fingerprint density at radius 1 is 0.944 bits per heavy atom. The molecule has 36 heavy (non-hydrogen) atoms. The van der Waals surface area contributed by atoms with E-state index in [1.165, 1.54) is 12.1 Å². The number of hydrogen-bond donors (Lipinski definition) is 2. The fourth-order valence-electron chi connectivity index (χ4n) is 4.29. The van der Waals surface area contributed by atoms with Gasteiger partial charge in [-0.05, 0) is 42.7 Å². The van der Waals surface area contributed by atoms with Gasteiger partial charge in [-0.2, -0.15) is 4.72 Å². The molecule has 2 aromatic heterocycles. The molecular formula is C27H24N2O6S. The number of carboxylic acids is 1. The van der Waals surface area contributed by atoms with Gasteiger partial charge in [0.1, 0.15) is 28.7 Å². The van der Waals surface area contributed by atoms with Crippen LogP contribution in [0.4, 0.5) is 0 Å². The minimum absolute atomic E-state index is 0.0672. The maximum absolute atomic E-state index is 12.9. The van der Waals surface area contributed by atoms with E-state index in [9.17, 15) is 18.3 Å². The number of nitrogens with one attached hydrogen (secondary N) is 1. The van der Waals surface area contributed by atoms with Crippen LogP contribution in [0.15, 0.2) is 80.6 Å². The molecule has 0 aliphatic rings. The molecule has 2 heterocycles. The lowest BCUT2D eigenvalue weighted by Crippen LogP contribution is -2.44. The van der Waals surface area contributed by atoms with Crippen LogP contribution in [0.3, 0.4) is 0 Å². The zero-order chi connectivity index (χ0) is 25.6. The summed E-state index contributed by atoms with van der Waals surface area (Å²) in [4.78, 5) is 11.4. The second kappa shape index (κ2) is 8.92. The van der Waals surface area contributed by atoms with Crippen molar-refractivity contribution in [3.63, 3.8) is 0 Å². The van der Waals surface area contributed by atoms with Gasteiger partial charge in [-0.15, -0.1) is 0 Å². The molecule has 3 aromatic carbocycles. The normalized spacial score (nSPS) is 13.0. The molecule has 5 aromatic rings. The molecule has 2 N–H and O–H groups in total. The highest BCUT2D eigenvalue weighted by atomic mass is 32.2. The van der Waals surface area contributed by atoms with Gasteiger partial charge in [0.2, 0.25) is 10.0 Å². The second-order valence-corrected chi connectivity index (χ2v) is 10.7. The van der Waals surface area contributed by atoms with Crippen molar-refractivity contribution in [2.45, 2.75) is 31.7 Å². The Hall–Kier alpha value is -3.95. The Morgan fingerprint density at radius 3 is 2.39 bits per heavy atom. The molecule has 0 aliphatic carbocycles. The number of sulfonamides is 1. The molecule has 0 saturated heterocycles. The number of aryl methyl sites for hydroxylation is 1. The molecule has 0 fully saturated rings. The van der Waals surface area contributed by atoms with Crippen LogP contribution < -0.4 is 4.72 Å². The first-order valence-corrected chi connectivity index (χ1v) is 12.9. The molecule has 1 atom stereocenters. The van der Waals surface area contributed by atoms with Gasteiger partial charge in [0, 0.05) is 22.4 Å². The number of carboxylic acid groups (broad SMARTS) is 1.